The quantitative estimate of drug-likeness (QED) is 0.605. The predicted octanol–water partition coefficient (Wildman–Crippen LogP) is 4.47. The van der Waals surface area contributed by atoms with Gasteiger partial charge in [0.1, 0.15) is 10.7 Å². The van der Waals surface area contributed by atoms with Crippen molar-refractivity contribution in [3.63, 3.8) is 0 Å². The molecule has 2 heterocycles. The Morgan fingerprint density at radius 2 is 1.77 bits per heavy atom. The molecule has 0 amide bonds. The number of thiophene rings is 1. The SMILES string of the molecule is Cc1csc(-c2nc(C(F)(F)F)cn2-c2ccc(S(C)(=O)=O)cc2)c1F. The maximum atomic E-state index is 14.3. The van der Waals surface area contributed by atoms with Crippen LogP contribution in [0, 0.1) is 12.7 Å². The van der Waals surface area contributed by atoms with Gasteiger partial charge in [0, 0.05) is 18.1 Å². The summed E-state index contributed by atoms with van der Waals surface area (Å²) in [5, 5.41) is 1.49. The summed E-state index contributed by atoms with van der Waals surface area (Å²) in [5.41, 5.74) is -0.619. The summed E-state index contributed by atoms with van der Waals surface area (Å²) in [6.45, 7) is 1.51. The predicted molar refractivity (Wildman–Crippen MR) is 89.7 cm³/mol. The number of hydrogen-bond donors (Lipinski definition) is 0. The summed E-state index contributed by atoms with van der Waals surface area (Å²) in [4.78, 5) is 3.57. The average molecular weight is 404 g/mol. The van der Waals surface area contributed by atoms with Gasteiger partial charge in [0.25, 0.3) is 0 Å². The standard InChI is InChI=1S/C16H12F4N2O2S2/c1-9-8-25-14(13(9)17)15-21-12(16(18,19)20)7-22(15)10-3-5-11(6-4-10)26(2,23)24/h3-8H,1-2H3. The highest BCUT2D eigenvalue weighted by atomic mass is 32.2. The van der Waals surface area contributed by atoms with E-state index in [4.69, 9.17) is 0 Å². The zero-order valence-electron chi connectivity index (χ0n) is 13.5. The molecule has 4 nitrogen and oxygen atoms in total. The molecule has 0 unspecified atom stereocenters. The fourth-order valence-corrected chi connectivity index (χ4v) is 3.85. The third-order valence-electron chi connectivity index (χ3n) is 3.64. The normalized spacial score (nSPS) is 12.5. The summed E-state index contributed by atoms with van der Waals surface area (Å²) in [6, 6.07) is 5.25. The van der Waals surface area contributed by atoms with Crippen molar-refractivity contribution in [3.05, 3.63) is 52.9 Å². The van der Waals surface area contributed by atoms with Gasteiger partial charge >= 0.3 is 6.18 Å². The first-order valence-electron chi connectivity index (χ1n) is 7.19. The van der Waals surface area contributed by atoms with Crippen molar-refractivity contribution in [1.29, 1.82) is 0 Å². The smallest absolute Gasteiger partial charge is 0.298 e. The van der Waals surface area contributed by atoms with E-state index >= 15 is 0 Å². The van der Waals surface area contributed by atoms with E-state index in [0.717, 1.165) is 28.4 Å². The zero-order valence-corrected chi connectivity index (χ0v) is 15.1. The van der Waals surface area contributed by atoms with E-state index in [1.165, 1.54) is 36.6 Å². The Morgan fingerprint density at radius 1 is 1.15 bits per heavy atom. The molecule has 10 heteroatoms. The number of benzene rings is 1. The Kier molecular flexibility index (Phi) is 4.43. The molecule has 0 saturated carbocycles. The van der Waals surface area contributed by atoms with Gasteiger partial charge in [-0.1, -0.05) is 0 Å². The highest BCUT2D eigenvalue weighted by molar-refractivity contribution is 7.90. The molecule has 0 aliphatic heterocycles. The molecule has 0 saturated heterocycles. The molecule has 1 aromatic carbocycles. The van der Waals surface area contributed by atoms with E-state index < -0.39 is 27.5 Å². The monoisotopic (exact) mass is 404 g/mol. The van der Waals surface area contributed by atoms with Crippen LogP contribution in [0.2, 0.25) is 0 Å². The molecule has 0 N–H and O–H groups in total. The fraction of sp³-hybridized carbons (Fsp3) is 0.188. The Labute approximate surface area is 150 Å². The molecule has 0 aliphatic rings. The maximum Gasteiger partial charge on any atom is 0.434 e. The van der Waals surface area contributed by atoms with Gasteiger partial charge in [0.15, 0.2) is 21.4 Å². The molecule has 0 bridgehead atoms. The van der Waals surface area contributed by atoms with Crippen LogP contribution in [-0.4, -0.2) is 24.2 Å². The highest BCUT2D eigenvalue weighted by Crippen LogP contribution is 2.36. The van der Waals surface area contributed by atoms with E-state index in [2.05, 4.69) is 4.98 Å². The van der Waals surface area contributed by atoms with Gasteiger partial charge in [-0.2, -0.15) is 13.2 Å². The van der Waals surface area contributed by atoms with Crippen LogP contribution in [0.1, 0.15) is 11.3 Å². The van der Waals surface area contributed by atoms with Crippen molar-refractivity contribution in [1.82, 2.24) is 9.55 Å². The van der Waals surface area contributed by atoms with Crippen LogP contribution < -0.4 is 0 Å². The Balaban J connectivity index is 2.20. The Hall–Kier alpha value is -2.20. The second-order valence-electron chi connectivity index (χ2n) is 5.65. The summed E-state index contributed by atoms with van der Waals surface area (Å²) >= 11 is 0.948. The topological polar surface area (TPSA) is 52.0 Å². The van der Waals surface area contributed by atoms with Crippen LogP contribution in [0.3, 0.4) is 0 Å². The first-order valence-corrected chi connectivity index (χ1v) is 9.96. The largest absolute Gasteiger partial charge is 0.434 e. The number of nitrogens with zero attached hydrogens (tertiary/aromatic N) is 2. The number of alkyl halides is 3. The highest BCUT2D eigenvalue weighted by Gasteiger charge is 2.35. The fourth-order valence-electron chi connectivity index (χ4n) is 2.31. The molecule has 0 aliphatic carbocycles. The lowest BCUT2D eigenvalue weighted by Gasteiger charge is -2.07. The zero-order chi connectivity index (χ0) is 19.3. The third kappa shape index (κ3) is 3.38. The van der Waals surface area contributed by atoms with E-state index in [0.29, 0.717) is 5.56 Å². The molecule has 2 aromatic heterocycles. The maximum absolute atomic E-state index is 14.3. The van der Waals surface area contributed by atoms with Gasteiger partial charge in [-0.3, -0.25) is 4.57 Å². The number of aryl methyl sites for hydroxylation is 1. The summed E-state index contributed by atoms with van der Waals surface area (Å²) < 4.78 is 77.7. The average Bonchev–Trinajstić information content (AvgIpc) is 3.11. The minimum atomic E-state index is -4.70. The molecule has 0 atom stereocenters. The van der Waals surface area contributed by atoms with Crippen LogP contribution in [0.5, 0.6) is 0 Å². The summed E-state index contributed by atoms with van der Waals surface area (Å²) in [6.07, 6.45) is -2.91. The number of imidazole rings is 1. The third-order valence-corrected chi connectivity index (χ3v) is 5.84. The van der Waals surface area contributed by atoms with Gasteiger partial charge in [-0.05, 0) is 42.1 Å². The van der Waals surface area contributed by atoms with Crippen LogP contribution in [0.4, 0.5) is 17.6 Å². The number of aromatic nitrogens is 2. The molecule has 0 spiro atoms. The van der Waals surface area contributed by atoms with Crippen molar-refractivity contribution in [2.24, 2.45) is 0 Å². The molecule has 26 heavy (non-hydrogen) atoms. The molecule has 0 fully saturated rings. The summed E-state index contributed by atoms with van der Waals surface area (Å²) in [5.74, 6) is -0.830. The summed E-state index contributed by atoms with van der Waals surface area (Å²) in [7, 11) is -3.45. The Bertz CT molecular complexity index is 1060. The van der Waals surface area contributed by atoms with Crippen LogP contribution >= 0.6 is 11.3 Å². The molecule has 0 radical (unpaired) electrons. The number of rotatable bonds is 3. The first-order chi connectivity index (χ1) is 12.0. The van der Waals surface area contributed by atoms with E-state index in [1.807, 2.05) is 0 Å². The number of sulfone groups is 1. The van der Waals surface area contributed by atoms with Gasteiger partial charge in [-0.25, -0.2) is 17.8 Å². The minimum absolute atomic E-state index is 0.0230. The van der Waals surface area contributed by atoms with Crippen LogP contribution in [0.15, 0.2) is 40.7 Å². The first kappa shape index (κ1) is 18.6. The van der Waals surface area contributed by atoms with E-state index in [1.54, 1.807) is 0 Å². The molecule has 3 rings (SSSR count). The molecule has 3 aromatic rings. The lowest BCUT2D eigenvalue weighted by molar-refractivity contribution is -0.140. The molecular weight excluding hydrogens is 392 g/mol. The van der Waals surface area contributed by atoms with Crippen molar-refractivity contribution in [2.45, 2.75) is 18.0 Å². The Morgan fingerprint density at radius 3 is 2.23 bits per heavy atom. The van der Waals surface area contributed by atoms with E-state index in [9.17, 15) is 26.0 Å². The lowest BCUT2D eigenvalue weighted by atomic mass is 10.3. The van der Waals surface area contributed by atoms with Crippen LogP contribution in [-0.2, 0) is 16.0 Å². The molecule has 138 valence electrons. The van der Waals surface area contributed by atoms with Gasteiger partial charge in [0.2, 0.25) is 0 Å². The van der Waals surface area contributed by atoms with Crippen molar-refractivity contribution in [3.8, 4) is 16.4 Å². The number of halogens is 4. The van der Waals surface area contributed by atoms with Crippen molar-refractivity contribution in [2.75, 3.05) is 6.26 Å². The second kappa shape index (κ2) is 6.20. The van der Waals surface area contributed by atoms with Crippen LogP contribution in [0.25, 0.3) is 16.4 Å². The van der Waals surface area contributed by atoms with Crippen molar-refractivity contribution >= 4 is 21.2 Å². The van der Waals surface area contributed by atoms with Gasteiger partial charge in [-0.15, -0.1) is 11.3 Å². The van der Waals surface area contributed by atoms with E-state index in [-0.39, 0.29) is 21.3 Å². The second-order valence-corrected chi connectivity index (χ2v) is 8.54. The molecular formula is C16H12F4N2O2S2. The van der Waals surface area contributed by atoms with Gasteiger partial charge < -0.3 is 0 Å². The minimum Gasteiger partial charge on any atom is -0.298 e. The number of hydrogen-bond acceptors (Lipinski definition) is 4. The van der Waals surface area contributed by atoms with Crippen molar-refractivity contribution < 1.29 is 26.0 Å². The van der Waals surface area contributed by atoms with Gasteiger partial charge in [0.05, 0.1) is 4.90 Å². The lowest BCUT2D eigenvalue weighted by Crippen LogP contribution is -2.05.